The summed E-state index contributed by atoms with van der Waals surface area (Å²) >= 11 is 0. The molecule has 3 nitrogen and oxygen atoms in total. The molecule has 1 unspecified atom stereocenters. The number of carbonyl (C=O) groups is 1. The zero-order valence-electron chi connectivity index (χ0n) is 12.2. The minimum atomic E-state index is -4.51. The van der Waals surface area contributed by atoms with E-state index in [1.165, 1.54) is 18.0 Å². The van der Waals surface area contributed by atoms with Crippen LogP contribution in [0.5, 0.6) is 0 Å². The van der Waals surface area contributed by atoms with Crippen LogP contribution in [0.3, 0.4) is 0 Å². The molecule has 3 rings (SSSR count). The Labute approximate surface area is 125 Å². The summed E-state index contributed by atoms with van der Waals surface area (Å²) < 4.78 is 52.9. The summed E-state index contributed by atoms with van der Waals surface area (Å²) in [6, 6.07) is 2.27. The van der Waals surface area contributed by atoms with Crippen LogP contribution in [0.25, 0.3) is 0 Å². The molecule has 2 aliphatic heterocycles. The summed E-state index contributed by atoms with van der Waals surface area (Å²) in [6.45, 7) is 2.13. The second-order valence-electron chi connectivity index (χ2n) is 5.98. The normalized spacial score (nSPS) is 21.0. The fraction of sp³-hybridized carbons (Fsp3) is 0.533. The van der Waals surface area contributed by atoms with Gasteiger partial charge in [-0.1, -0.05) is 0 Å². The van der Waals surface area contributed by atoms with E-state index in [1.54, 1.807) is 11.8 Å². The highest BCUT2D eigenvalue weighted by Crippen LogP contribution is 2.40. The molecular weight excluding hydrogens is 300 g/mol. The van der Waals surface area contributed by atoms with Crippen molar-refractivity contribution in [2.45, 2.75) is 31.9 Å². The molecule has 0 N–H and O–H groups in total. The Morgan fingerprint density at radius 1 is 1.27 bits per heavy atom. The Hall–Kier alpha value is -1.63. The Balaban J connectivity index is 2.04. The lowest BCUT2D eigenvalue weighted by Crippen LogP contribution is -2.49. The number of carbonyl (C=O) groups excluding carboxylic acids is 1. The predicted molar refractivity (Wildman–Crippen MR) is 72.1 cm³/mol. The topological polar surface area (TPSA) is 23.6 Å². The maximum atomic E-state index is 13.3. The van der Waals surface area contributed by atoms with Crippen LogP contribution in [0.2, 0.25) is 0 Å². The van der Waals surface area contributed by atoms with Gasteiger partial charge in [-0.2, -0.15) is 13.2 Å². The Kier molecular flexibility index (Phi) is 3.43. The van der Waals surface area contributed by atoms with E-state index in [-0.39, 0.29) is 36.8 Å². The van der Waals surface area contributed by atoms with Crippen LogP contribution in [0.15, 0.2) is 12.1 Å². The number of benzene rings is 1. The summed E-state index contributed by atoms with van der Waals surface area (Å²) in [5, 5.41) is 0. The van der Waals surface area contributed by atoms with Crippen LogP contribution in [-0.2, 0) is 12.7 Å². The molecule has 1 aromatic carbocycles. The first-order valence-electron chi connectivity index (χ1n) is 7.06. The maximum Gasteiger partial charge on any atom is 0.416 e. The third kappa shape index (κ3) is 2.37. The Morgan fingerprint density at radius 2 is 1.91 bits per heavy atom. The lowest BCUT2D eigenvalue weighted by atomic mass is 9.94. The van der Waals surface area contributed by atoms with Gasteiger partial charge in [-0.05, 0) is 30.2 Å². The average Bonchev–Trinajstić information content (AvgIpc) is 2.68. The van der Waals surface area contributed by atoms with Gasteiger partial charge in [-0.25, -0.2) is 4.39 Å². The number of rotatable bonds is 2. The molecule has 120 valence electrons. The van der Waals surface area contributed by atoms with Gasteiger partial charge < -0.3 is 4.90 Å². The third-order valence-corrected chi connectivity index (χ3v) is 4.45. The predicted octanol–water partition coefficient (Wildman–Crippen LogP) is 3.01. The van der Waals surface area contributed by atoms with Gasteiger partial charge in [-0.15, -0.1) is 0 Å². The standard InChI is InChI=1S/C15H16F4N2O/c1-8(21-5-10(16)6-21)9-3-11-12(7-20(2)14(11)22)13(4-9)15(17,18)19/h3-4,8,10H,5-7H2,1-2H3. The second-order valence-corrected chi connectivity index (χ2v) is 5.98. The molecule has 2 heterocycles. The highest BCUT2D eigenvalue weighted by Gasteiger charge is 2.40. The molecule has 0 bridgehead atoms. The highest BCUT2D eigenvalue weighted by atomic mass is 19.4. The van der Waals surface area contributed by atoms with E-state index in [9.17, 15) is 22.4 Å². The summed E-state index contributed by atoms with van der Waals surface area (Å²) in [6.07, 6.45) is -5.44. The summed E-state index contributed by atoms with van der Waals surface area (Å²) in [5.74, 6) is -0.401. The molecule has 0 aliphatic carbocycles. The van der Waals surface area contributed by atoms with Gasteiger partial charge in [0.05, 0.1) is 5.56 Å². The van der Waals surface area contributed by atoms with Crippen molar-refractivity contribution in [1.82, 2.24) is 9.80 Å². The van der Waals surface area contributed by atoms with Crippen LogP contribution >= 0.6 is 0 Å². The van der Waals surface area contributed by atoms with Gasteiger partial charge in [0.1, 0.15) is 6.17 Å². The lowest BCUT2D eigenvalue weighted by Gasteiger charge is -2.39. The highest BCUT2D eigenvalue weighted by molar-refractivity contribution is 5.98. The molecule has 0 spiro atoms. The molecule has 1 aromatic rings. The number of hydrogen-bond donors (Lipinski definition) is 0. The molecule has 2 aliphatic rings. The molecule has 0 saturated carbocycles. The van der Waals surface area contributed by atoms with Crippen molar-refractivity contribution in [2.24, 2.45) is 0 Å². The largest absolute Gasteiger partial charge is 0.416 e. The van der Waals surface area contributed by atoms with Crippen molar-refractivity contribution in [1.29, 1.82) is 0 Å². The molecule has 22 heavy (non-hydrogen) atoms. The summed E-state index contributed by atoms with van der Waals surface area (Å²) in [4.78, 5) is 15.1. The van der Waals surface area contributed by atoms with E-state index in [4.69, 9.17) is 0 Å². The lowest BCUT2D eigenvalue weighted by molar-refractivity contribution is -0.138. The monoisotopic (exact) mass is 316 g/mol. The van der Waals surface area contributed by atoms with Gasteiger partial charge in [-0.3, -0.25) is 9.69 Å². The number of fused-ring (bicyclic) bond motifs is 1. The minimum absolute atomic E-state index is 0.0305. The summed E-state index contributed by atoms with van der Waals surface area (Å²) in [7, 11) is 1.48. The quantitative estimate of drug-likeness (QED) is 0.783. The fourth-order valence-electron chi connectivity index (χ4n) is 3.05. The van der Waals surface area contributed by atoms with E-state index >= 15 is 0 Å². The Morgan fingerprint density at radius 3 is 2.45 bits per heavy atom. The SMILES string of the molecule is CC(c1cc2c(c(C(F)(F)F)c1)CN(C)C2=O)N1CC(F)C1. The van der Waals surface area contributed by atoms with E-state index < -0.39 is 23.8 Å². The van der Waals surface area contributed by atoms with Gasteiger partial charge in [0, 0.05) is 38.3 Å². The number of hydrogen-bond acceptors (Lipinski definition) is 2. The first kappa shape index (κ1) is 15.3. The number of likely N-dealkylation sites (tertiary alicyclic amines) is 1. The fourth-order valence-corrected chi connectivity index (χ4v) is 3.05. The van der Waals surface area contributed by atoms with Crippen molar-refractivity contribution in [3.05, 3.63) is 34.4 Å². The van der Waals surface area contributed by atoms with Gasteiger partial charge in [0.2, 0.25) is 0 Å². The zero-order chi connectivity index (χ0) is 16.2. The second kappa shape index (κ2) is 4.94. The summed E-state index contributed by atoms with van der Waals surface area (Å²) in [5.41, 5.74) is -0.220. The van der Waals surface area contributed by atoms with Gasteiger partial charge in [0.15, 0.2) is 0 Å². The van der Waals surface area contributed by atoms with E-state index in [0.717, 1.165) is 6.07 Å². The molecular formula is C15H16F4N2O. The van der Waals surface area contributed by atoms with E-state index in [1.807, 2.05) is 0 Å². The molecule has 7 heteroatoms. The van der Waals surface area contributed by atoms with Crippen LogP contribution < -0.4 is 0 Å². The Bertz CT molecular complexity index is 623. The minimum Gasteiger partial charge on any atom is -0.337 e. The zero-order valence-corrected chi connectivity index (χ0v) is 12.2. The molecule has 1 saturated heterocycles. The van der Waals surface area contributed by atoms with Crippen molar-refractivity contribution in [2.75, 3.05) is 20.1 Å². The number of nitrogens with zero attached hydrogens (tertiary/aromatic N) is 2. The van der Waals surface area contributed by atoms with Gasteiger partial charge >= 0.3 is 6.18 Å². The number of halogens is 4. The first-order valence-corrected chi connectivity index (χ1v) is 7.06. The van der Waals surface area contributed by atoms with Gasteiger partial charge in [0.25, 0.3) is 5.91 Å². The van der Waals surface area contributed by atoms with Crippen LogP contribution in [0.1, 0.15) is 40.0 Å². The van der Waals surface area contributed by atoms with Crippen molar-refractivity contribution < 1.29 is 22.4 Å². The molecule has 1 amide bonds. The van der Waals surface area contributed by atoms with Crippen LogP contribution in [-0.4, -0.2) is 42.0 Å². The maximum absolute atomic E-state index is 13.3. The van der Waals surface area contributed by atoms with Crippen LogP contribution in [0, 0.1) is 0 Å². The average molecular weight is 316 g/mol. The third-order valence-electron chi connectivity index (χ3n) is 4.45. The molecule has 1 fully saturated rings. The smallest absolute Gasteiger partial charge is 0.337 e. The van der Waals surface area contributed by atoms with Crippen molar-refractivity contribution in [3.8, 4) is 0 Å². The molecule has 0 radical (unpaired) electrons. The van der Waals surface area contributed by atoms with Crippen molar-refractivity contribution in [3.63, 3.8) is 0 Å². The molecule has 0 aromatic heterocycles. The van der Waals surface area contributed by atoms with Crippen molar-refractivity contribution >= 4 is 5.91 Å². The van der Waals surface area contributed by atoms with E-state index in [0.29, 0.717) is 5.56 Å². The number of alkyl halides is 4. The molecule has 1 atom stereocenters. The van der Waals surface area contributed by atoms with E-state index in [2.05, 4.69) is 0 Å². The number of amides is 1. The van der Waals surface area contributed by atoms with Crippen LogP contribution in [0.4, 0.5) is 17.6 Å². The first-order chi connectivity index (χ1) is 10.2.